The van der Waals surface area contributed by atoms with E-state index in [0.29, 0.717) is 22.6 Å². The van der Waals surface area contributed by atoms with E-state index in [2.05, 4.69) is 0 Å². The van der Waals surface area contributed by atoms with Crippen LogP contribution in [-0.4, -0.2) is 0 Å². The Hall–Kier alpha value is -3.83. The van der Waals surface area contributed by atoms with Crippen LogP contribution in [0.4, 0.5) is 4.39 Å². The zero-order valence-corrected chi connectivity index (χ0v) is 12.9. The smallest absolute Gasteiger partial charge is 0.205 e. The molecule has 0 aliphatic carbocycles. The number of hydrogen-bond donors (Lipinski definition) is 0. The minimum atomic E-state index is -0.574. The van der Waals surface area contributed by atoms with E-state index in [1.165, 1.54) is 12.1 Å². The topological polar surface area (TPSA) is 66.0 Å². The maximum atomic E-state index is 14.2. The van der Waals surface area contributed by atoms with Crippen LogP contribution >= 0.6 is 0 Å². The molecule has 0 saturated carbocycles. The zero-order valence-electron chi connectivity index (χ0n) is 12.9. The van der Waals surface area contributed by atoms with Crippen LogP contribution in [0.1, 0.15) is 11.1 Å². The quantitative estimate of drug-likeness (QED) is 0.663. The van der Waals surface area contributed by atoms with Crippen LogP contribution in [0.15, 0.2) is 66.7 Å². The molecule has 0 saturated heterocycles. The van der Waals surface area contributed by atoms with Crippen molar-refractivity contribution in [2.24, 2.45) is 0 Å². The molecule has 0 N–H and O–H groups in total. The highest BCUT2D eigenvalue weighted by molar-refractivity contribution is 5.47. The lowest BCUT2D eigenvalue weighted by Gasteiger charge is -2.13. The van der Waals surface area contributed by atoms with Crippen LogP contribution in [0, 0.1) is 28.5 Å². The summed E-state index contributed by atoms with van der Waals surface area (Å²) in [4.78, 5) is 0. The van der Waals surface area contributed by atoms with Gasteiger partial charge in [0.1, 0.15) is 11.5 Å². The van der Waals surface area contributed by atoms with Gasteiger partial charge in [-0.1, -0.05) is 6.07 Å². The third kappa shape index (κ3) is 3.74. The summed E-state index contributed by atoms with van der Waals surface area (Å²) in [6.45, 7) is 0. The molecule has 4 nitrogen and oxygen atoms in total. The molecule has 0 spiro atoms. The Morgan fingerprint density at radius 3 is 1.72 bits per heavy atom. The standard InChI is InChI=1S/C20H11FN2O2/c21-18-2-1-3-19(24-16-8-4-14(12-22)5-9-16)20(18)25-17-10-6-15(13-23)7-11-17/h1-11H. The van der Waals surface area contributed by atoms with Gasteiger partial charge in [0.15, 0.2) is 11.6 Å². The molecule has 0 heterocycles. The summed E-state index contributed by atoms with van der Waals surface area (Å²) in [5, 5.41) is 17.6. The highest BCUT2D eigenvalue weighted by Gasteiger charge is 2.13. The maximum absolute atomic E-state index is 14.2. The highest BCUT2D eigenvalue weighted by atomic mass is 19.1. The van der Waals surface area contributed by atoms with E-state index in [1.807, 2.05) is 12.1 Å². The van der Waals surface area contributed by atoms with Crippen molar-refractivity contribution < 1.29 is 13.9 Å². The summed E-state index contributed by atoms with van der Waals surface area (Å²) < 4.78 is 25.5. The molecule has 0 radical (unpaired) electrons. The number of rotatable bonds is 4. The molecule has 25 heavy (non-hydrogen) atoms. The number of halogens is 1. The van der Waals surface area contributed by atoms with Gasteiger partial charge in [-0.25, -0.2) is 4.39 Å². The van der Waals surface area contributed by atoms with Crippen LogP contribution in [0.3, 0.4) is 0 Å². The van der Waals surface area contributed by atoms with Crippen molar-refractivity contribution in [3.05, 3.63) is 83.7 Å². The summed E-state index contributed by atoms with van der Waals surface area (Å²) in [7, 11) is 0. The molecule has 5 heteroatoms. The molecule has 0 bridgehead atoms. The van der Waals surface area contributed by atoms with Crippen molar-refractivity contribution >= 4 is 0 Å². The fraction of sp³-hybridized carbons (Fsp3) is 0. The highest BCUT2D eigenvalue weighted by Crippen LogP contribution is 2.37. The summed E-state index contributed by atoms with van der Waals surface area (Å²) in [6.07, 6.45) is 0. The average Bonchev–Trinajstić information content (AvgIpc) is 2.66. The monoisotopic (exact) mass is 330 g/mol. The van der Waals surface area contributed by atoms with E-state index in [1.54, 1.807) is 54.6 Å². The molecular formula is C20H11FN2O2. The van der Waals surface area contributed by atoms with Gasteiger partial charge in [0.25, 0.3) is 0 Å². The summed E-state index contributed by atoms with van der Waals surface area (Å²) >= 11 is 0. The predicted molar refractivity (Wildman–Crippen MR) is 88.9 cm³/mol. The van der Waals surface area contributed by atoms with E-state index in [4.69, 9.17) is 20.0 Å². The van der Waals surface area contributed by atoms with Crippen molar-refractivity contribution in [1.29, 1.82) is 10.5 Å². The molecular weight excluding hydrogens is 319 g/mol. The second-order valence-electron chi connectivity index (χ2n) is 5.04. The number of ether oxygens (including phenoxy) is 2. The number of hydrogen-bond acceptors (Lipinski definition) is 4. The molecule has 3 rings (SSSR count). The first-order valence-electron chi connectivity index (χ1n) is 7.34. The molecule has 0 aliphatic rings. The second-order valence-corrected chi connectivity index (χ2v) is 5.04. The largest absolute Gasteiger partial charge is 0.453 e. The maximum Gasteiger partial charge on any atom is 0.205 e. The predicted octanol–water partition coefficient (Wildman–Crippen LogP) is 5.15. The van der Waals surface area contributed by atoms with E-state index in [9.17, 15) is 4.39 Å². The summed E-state index contributed by atoms with van der Waals surface area (Å²) in [5.74, 6) is 0.407. The van der Waals surface area contributed by atoms with Crippen molar-refractivity contribution in [2.45, 2.75) is 0 Å². The Kier molecular flexibility index (Phi) is 4.60. The molecule has 3 aromatic carbocycles. The Bertz CT molecular complexity index is 969. The number of nitrogens with zero attached hydrogens (tertiary/aromatic N) is 2. The number of para-hydroxylation sites is 1. The molecule has 120 valence electrons. The lowest BCUT2D eigenvalue weighted by molar-refractivity contribution is 0.394. The first-order chi connectivity index (χ1) is 12.2. The van der Waals surface area contributed by atoms with Gasteiger partial charge in [-0.05, 0) is 60.7 Å². The van der Waals surface area contributed by atoms with Gasteiger partial charge in [-0.3, -0.25) is 0 Å². The average molecular weight is 330 g/mol. The van der Waals surface area contributed by atoms with Gasteiger partial charge in [0, 0.05) is 0 Å². The molecule has 3 aromatic rings. The lowest BCUT2D eigenvalue weighted by Crippen LogP contribution is -1.93. The Morgan fingerprint density at radius 1 is 0.680 bits per heavy atom. The van der Waals surface area contributed by atoms with E-state index in [0.717, 1.165) is 0 Å². The first-order valence-corrected chi connectivity index (χ1v) is 7.34. The Labute approximate surface area is 143 Å². The van der Waals surface area contributed by atoms with Gasteiger partial charge in [0.05, 0.1) is 23.3 Å². The van der Waals surface area contributed by atoms with Gasteiger partial charge in [-0.2, -0.15) is 10.5 Å². The lowest BCUT2D eigenvalue weighted by atomic mass is 10.2. The minimum absolute atomic E-state index is 0.0587. The van der Waals surface area contributed by atoms with Crippen molar-refractivity contribution in [3.63, 3.8) is 0 Å². The zero-order chi connectivity index (χ0) is 17.6. The van der Waals surface area contributed by atoms with E-state index < -0.39 is 5.82 Å². The summed E-state index contributed by atoms with van der Waals surface area (Å²) in [5.41, 5.74) is 0.982. The van der Waals surface area contributed by atoms with Crippen LogP contribution in [0.2, 0.25) is 0 Å². The number of nitriles is 2. The van der Waals surface area contributed by atoms with Crippen LogP contribution < -0.4 is 9.47 Å². The molecule has 0 aliphatic heterocycles. The van der Waals surface area contributed by atoms with Gasteiger partial charge >= 0.3 is 0 Å². The van der Waals surface area contributed by atoms with E-state index >= 15 is 0 Å². The second kappa shape index (κ2) is 7.16. The van der Waals surface area contributed by atoms with Crippen molar-refractivity contribution in [2.75, 3.05) is 0 Å². The fourth-order valence-corrected chi connectivity index (χ4v) is 2.11. The Morgan fingerprint density at radius 2 is 1.20 bits per heavy atom. The molecule has 0 atom stereocenters. The van der Waals surface area contributed by atoms with Crippen LogP contribution in [0.25, 0.3) is 0 Å². The molecule has 0 amide bonds. The summed E-state index contributed by atoms with van der Waals surface area (Å²) in [6, 6.07) is 21.2. The van der Waals surface area contributed by atoms with E-state index in [-0.39, 0.29) is 11.5 Å². The minimum Gasteiger partial charge on any atom is -0.453 e. The van der Waals surface area contributed by atoms with Crippen molar-refractivity contribution in [3.8, 4) is 35.1 Å². The van der Waals surface area contributed by atoms with Gasteiger partial charge in [0.2, 0.25) is 5.75 Å². The normalized spacial score (nSPS) is 9.72. The molecule has 0 aromatic heterocycles. The molecule has 0 fully saturated rings. The number of benzene rings is 3. The van der Waals surface area contributed by atoms with Gasteiger partial charge < -0.3 is 9.47 Å². The fourth-order valence-electron chi connectivity index (χ4n) is 2.11. The van der Waals surface area contributed by atoms with Crippen LogP contribution in [-0.2, 0) is 0 Å². The first kappa shape index (κ1) is 16.0. The SMILES string of the molecule is N#Cc1ccc(Oc2cccc(F)c2Oc2ccc(C#N)cc2)cc1. The third-order valence-electron chi connectivity index (χ3n) is 3.35. The molecule has 0 unspecified atom stereocenters. The van der Waals surface area contributed by atoms with Gasteiger partial charge in [-0.15, -0.1) is 0 Å². The third-order valence-corrected chi connectivity index (χ3v) is 3.35. The van der Waals surface area contributed by atoms with Crippen LogP contribution in [0.5, 0.6) is 23.0 Å². The Balaban J connectivity index is 1.88. The van der Waals surface area contributed by atoms with Crippen molar-refractivity contribution in [1.82, 2.24) is 0 Å².